The van der Waals surface area contributed by atoms with Crippen LogP contribution in [0.2, 0.25) is 0 Å². The molecular weight excluding hydrogens is 412 g/mol. The van der Waals surface area contributed by atoms with E-state index in [2.05, 4.69) is 78.5 Å². The van der Waals surface area contributed by atoms with Crippen molar-refractivity contribution in [3.63, 3.8) is 0 Å². The van der Waals surface area contributed by atoms with Crippen LogP contribution < -0.4 is 14.9 Å². The highest BCUT2D eigenvalue weighted by Gasteiger charge is 2.13. The molecule has 2 N–H and O–H groups in total. The highest BCUT2D eigenvalue weighted by molar-refractivity contribution is 5.82. The van der Waals surface area contributed by atoms with Crippen LogP contribution in [0.15, 0.2) is 65.8 Å². The molecule has 170 valence electrons. The zero-order chi connectivity index (χ0) is 23.4. The maximum atomic E-state index is 6.01. The van der Waals surface area contributed by atoms with E-state index in [9.17, 15) is 0 Å². The van der Waals surface area contributed by atoms with Gasteiger partial charge in [0.25, 0.3) is 0 Å². The zero-order valence-electron chi connectivity index (χ0n) is 19.8. The average Bonchev–Trinajstić information content (AvgIpc) is 3.19. The quantitative estimate of drug-likeness (QED) is 0.264. The van der Waals surface area contributed by atoms with Crippen LogP contribution in [0.4, 0.5) is 5.95 Å². The molecule has 0 aliphatic heterocycles. The first kappa shape index (κ1) is 22.4. The van der Waals surface area contributed by atoms with Crippen LogP contribution in [0.25, 0.3) is 11.0 Å². The van der Waals surface area contributed by atoms with E-state index in [1.54, 1.807) is 13.3 Å². The van der Waals surface area contributed by atoms with Gasteiger partial charge in [0.2, 0.25) is 5.95 Å². The number of H-pyrrole nitrogens is 1. The molecule has 1 heterocycles. The van der Waals surface area contributed by atoms with E-state index < -0.39 is 0 Å². The summed E-state index contributed by atoms with van der Waals surface area (Å²) in [4.78, 5) is 7.70. The summed E-state index contributed by atoms with van der Waals surface area (Å²) in [6.07, 6.45) is 1.72. The number of aromatic amines is 1. The Labute approximate surface area is 194 Å². The van der Waals surface area contributed by atoms with Crippen LogP contribution in [-0.4, -0.2) is 23.3 Å². The number of aryl methyl sites for hydroxylation is 1. The number of rotatable bonds is 7. The number of anilines is 1. The van der Waals surface area contributed by atoms with Crippen LogP contribution in [0, 0.1) is 6.92 Å². The van der Waals surface area contributed by atoms with Crippen molar-refractivity contribution in [2.24, 2.45) is 5.10 Å². The lowest BCUT2D eigenvalue weighted by atomic mass is 9.87. The maximum absolute atomic E-state index is 6.01. The third-order valence-corrected chi connectivity index (χ3v) is 5.42. The lowest BCUT2D eigenvalue weighted by Crippen LogP contribution is -2.10. The third-order valence-electron chi connectivity index (χ3n) is 5.42. The van der Waals surface area contributed by atoms with Crippen molar-refractivity contribution in [1.82, 2.24) is 9.97 Å². The molecule has 0 fully saturated rings. The first-order chi connectivity index (χ1) is 15.8. The summed E-state index contributed by atoms with van der Waals surface area (Å²) >= 11 is 0. The highest BCUT2D eigenvalue weighted by atomic mass is 16.5. The fourth-order valence-corrected chi connectivity index (χ4v) is 3.49. The van der Waals surface area contributed by atoms with Gasteiger partial charge in [-0.3, -0.25) is 0 Å². The molecule has 1 aromatic heterocycles. The normalized spacial score (nSPS) is 11.8. The van der Waals surface area contributed by atoms with E-state index in [1.807, 2.05) is 30.3 Å². The minimum Gasteiger partial charge on any atom is -0.493 e. The number of benzene rings is 3. The van der Waals surface area contributed by atoms with Crippen molar-refractivity contribution >= 4 is 23.2 Å². The van der Waals surface area contributed by atoms with Gasteiger partial charge in [0, 0.05) is 0 Å². The molecule has 33 heavy (non-hydrogen) atoms. The third kappa shape index (κ3) is 5.52. The monoisotopic (exact) mass is 442 g/mol. The molecule has 0 saturated carbocycles. The Morgan fingerprint density at radius 2 is 1.79 bits per heavy atom. The Balaban J connectivity index is 1.39. The van der Waals surface area contributed by atoms with Gasteiger partial charge in [0.15, 0.2) is 11.5 Å². The molecular formula is C27H30N4O2. The Bertz CT molecular complexity index is 1270. The Kier molecular flexibility index (Phi) is 6.36. The molecule has 0 aliphatic rings. The van der Waals surface area contributed by atoms with Gasteiger partial charge in [-0.25, -0.2) is 10.4 Å². The smallest absolute Gasteiger partial charge is 0.222 e. The fourth-order valence-electron chi connectivity index (χ4n) is 3.49. The number of ether oxygens (including phenoxy) is 2. The van der Waals surface area contributed by atoms with Gasteiger partial charge in [-0.05, 0) is 64.9 Å². The van der Waals surface area contributed by atoms with Crippen molar-refractivity contribution in [2.75, 3.05) is 12.5 Å². The summed E-state index contributed by atoms with van der Waals surface area (Å²) in [6.45, 7) is 9.15. The van der Waals surface area contributed by atoms with Crippen LogP contribution in [-0.2, 0) is 12.0 Å². The van der Waals surface area contributed by atoms with Crippen molar-refractivity contribution in [3.8, 4) is 11.5 Å². The number of nitrogens with zero attached hydrogens (tertiary/aromatic N) is 2. The first-order valence-corrected chi connectivity index (χ1v) is 11.0. The number of fused-ring (bicyclic) bond motifs is 1. The summed E-state index contributed by atoms with van der Waals surface area (Å²) in [5.74, 6) is 1.94. The van der Waals surface area contributed by atoms with E-state index >= 15 is 0 Å². The zero-order valence-corrected chi connectivity index (χ0v) is 19.8. The lowest BCUT2D eigenvalue weighted by molar-refractivity contribution is 0.284. The Morgan fingerprint density at radius 1 is 1.00 bits per heavy atom. The van der Waals surface area contributed by atoms with E-state index in [0.29, 0.717) is 24.1 Å². The number of aromatic nitrogens is 2. The largest absolute Gasteiger partial charge is 0.493 e. The van der Waals surface area contributed by atoms with Gasteiger partial charge in [-0.1, -0.05) is 51.1 Å². The molecule has 0 saturated heterocycles. The van der Waals surface area contributed by atoms with Gasteiger partial charge < -0.3 is 14.5 Å². The summed E-state index contributed by atoms with van der Waals surface area (Å²) in [7, 11) is 1.63. The van der Waals surface area contributed by atoms with E-state index in [1.165, 1.54) is 11.1 Å². The molecule has 0 atom stereocenters. The number of hydrazone groups is 1. The fraction of sp³-hybridized carbons (Fsp3) is 0.259. The molecule has 3 aromatic carbocycles. The first-order valence-electron chi connectivity index (χ1n) is 11.0. The van der Waals surface area contributed by atoms with Gasteiger partial charge >= 0.3 is 0 Å². The Hall–Kier alpha value is -3.80. The minimum absolute atomic E-state index is 0.137. The SMILES string of the molecule is COc1cc(/C=N\Nc2nc3ccc(C)cc3[nH]2)ccc1OCc1ccc(C(C)(C)C)cc1. The van der Waals surface area contributed by atoms with Crippen LogP contribution in [0.5, 0.6) is 11.5 Å². The van der Waals surface area contributed by atoms with E-state index in [0.717, 1.165) is 22.2 Å². The lowest BCUT2D eigenvalue weighted by Gasteiger charge is -2.19. The van der Waals surface area contributed by atoms with Crippen molar-refractivity contribution in [1.29, 1.82) is 0 Å². The number of imidazole rings is 1. The second-order valence-corrected chi connectivity index (χ2v) is 9.12. The summed E-state index contributed by atoms with van der Waals surface area (Å²) in [5.41, 5.74) is 9.43. The van der Waals surface area contributed by atoms with Gasteiger partial charge in [-0.15, -0.1) is 0 Å². The van der Waals surface area contributed by atoms with E-state index in [-0.39, 0.29) is 5.41 Å². The molecule has 0 unspecified atom stereocenters. The number of hydrogen-bond acceptors (Lipinski definition) is 5. The second kappa shape index (κ2) is 9.36. The average molecular weight is 443 g/mol. The number of methoxy groups -OCH3 is 1. The molecule has 4 aromatic rings. The summed E-state index contributed by atoms with van der Waals surface area (Å²) in [5, 5.41) is 4.29. The van der Waals surface area contributed by atoms with Crippen molar-refractivity contribution < 1.29 is 9.47 Å². The number of hydrogen-bond donors (Lipinski definition) is 2. The minimum atomic E-state index is 0.137. The molecule has 0 radical (unpaired) electrons. The van der Waals surface area contributed by atoms with Crippen LogP contribution in [0.1, 0.15) is 43.0 Å². The van der Waals surface area contributed by atoms with Crippen LogP contribution in [0.3, 0.4) is 0 Å². The molecule has 4 rings (SSSR count). The topological polar surface area (TPSA) is 71.5 Å². The highest BCUT2D eigenvalue weighted by Crippen LogP contribution is 2.29. The molecule has 6 nitrogen and oxygen atoms in total. The van der Waals surface area contributed by atoms with Crippen LogP contribution >= 0.6 is 0 Å². The summed E-state index contributed by atoms with van der Waals surface area (Å²) < 4.78 is 11.5. The maximum Gasteiger partial charge on any atom is 0.222 e. The Morgan fingerprint density at radius 3 is 2.52 bits per heavy atom. The molecule has 6 heteroatoms. The summed E-state index contributed by atoms with van der Waals surface area (Å²) in [6, 6.07) is 20.3. The van der Waals surface area contributed by atoms with E-state index in [4.69, 9.17) is 9.47 Å². The molecule has 0 amide bonds. The van der Waals surface area contributed by atoms with Crippen molar-refractivity contribution in [3.05, 3.63) is 82.9 Å². The second-order valence-electron chi connectivity index (χ2n) is 9.12. The standard InChI is InChI=1S/C27H30N4O2/c1-18-6-12-22-23(14-18)30-26(29-22)31-28-16-20-9-13-24(25(15-20)32-5)33-17-19-7-10-21(11-8-19)27(2,3)4/h6-16H,17H2,1-5H3,(H2,29,30,31)/b28-16-. The number of nitrogens with one attached hydrogen (secondary N) is 2. The molecule has 0 bridgehead atoms. The molecule has 0 aliphatic carbocycles. The predicted octanol–water partition coefficient (Wildman–Crippen LogP) is 6.20. The van der Waals surface area contributed by atoms with Gasteiger partial charge in [0.05, 0.1) is 24.4 Å². The van der Waals surface area contributed by atoms with Gasteiger partial charge in [-0.2, -0.15) is 5.10 Å². The predicted molar refractivity (Wildman–Crippen MR) is 135 cm³/mol. The molecule has 0 spiro atoms. The van der Waals surface area contributed by atoms with Crippen molar-refractivity contribution in [2.45, 2.75) is 39.7 Å². The van der Waals surface area contributed by atoms with Gasteiger partial charge in [0.1, 0.15) is 6.61 Å².